The SMILES string of the molecule is CCOc1ccc(S(=O)(=O)NCCC(=O)OC(C)C(=O)N(C)Cc2cccc(F)c2)cc1. The van der Waals surface area contributed by atoms with E-state index in [2.05, 4.69) is 4.72 Å². The molecule has 0 spiro atoms. The minimum atomic E-state index is -3.80. The van der Waals surface area contributed by atoms with Crippen LogP contribution in [0.1, 0.15) is 25.8 Å². The van der Waals surface area contributed by atoms with Gasteiger partial charge in [-0.15, -0.1) is 0 Å². The fourth-order valence-corrected chi connectivity index (χ4v) is 3.89. The lowest BCUT2D eigenvalue weighted by Crippen LogP contribution is -2.37. The Morgan fingerprint density at radius 3 is 2.47 bits per heavy atom. The summed E-state index contributed by atoms with van der Waals surface area (Å²) in [7, 11) is -2.29. The largest absolute Gasteiger partial charge is 0.494 e. The molecule has 0 fully saturated rings. The Morgan fingerprint density at radius 2 is 1.84 bits per heavy atom. The third-order valence-corrected chi connectivity index (χ3v) is 5.88. The number of nitrogens with one attached hydrogen (secondary N) is 1. The van der Waals surface area contributed by atoms with Crippen LogP contribution in [0.15, 0.2) is 53.4 Å². The van der Waals surface area contributed by atoms with Gasteiger partial charge in [0.2, 0.25) is 10.0 Å². The zero-order valence-electron chi connectivity index (χ0n) is 18.2. The fraction of sp³-hybridized carbons (Fsp3) is 0.364. The molecule has 1 N–H and O–H groups in total. The van der Waals surface area contributed by atoms with E-state index in [0.29, 0.717) is 17.9 Å². The van der Waals surface area contributed by atoms with Crippen molar-refractivity contribution >= 4 is 21.9 Å². The van der Waals surface area contributed by atoms with Crippen LogP contribution in [0.3, 0.4) is 0 Å². The number of halogens is 1. The highest BCUT2D eigenvalue weighted by molar-refractivity contribution is 7.89. The Kier molecular flexibility index (Phi) is 9.15. The number of esters is 1. The summed E-state index contributed by atoms with van der Waals surface area (Å²) in [4.78, 5) is 25.8. The average molecular weight is 467 g/mol. The highest BCUT2D eigenvalue weighted by atomic mass is 32.2. The third kappa shape index (κ3) is 7.61. The second-order valence-corrected chi connectivity index (χ2v) is 8.78. The number of carbonyl (C=O) groups excluding carboxylic acids is 2. The Hall–Kier alpha value is -2.98. The first kappa shape index (κ1) is 25.3. The first-order chi connectivity index (χ1) is 15.1. The van der Waals surface area contributed by atoms with E-state index in [-0.39, 0.29) is 24.4 Å². The molecular formula is C22H27FN2O6S. The van der Waals surface area contributed by atoms with Gasteiger partial charge < -0.3 is 14.4 Å². The van der Waals surface area contributed by atoms with Crippen molar-refractivity contribution in [1.29, 1.82) is 0 Å². The van der Waals surface area contributed by atoms with E-state index in [9.17, 15) is 22.4 Å². The van der Waals surface area contributed by atoms with Gasteiger partial charge in [-0.05, 0) is 55.8 Å². The number of hydrogen-bond donors (Lipinski definition) is 1. The molecule has 10 heteroatoms. The maximum absolute atomic E-state index is 13.3. The van der Waals surface area contributed by atoms with Crippen LogP contribution in [0.5, 0.6) is 5.75 Å². The average Bonchev–Trinajstić information content (AvgIpc) is 2.73. The molecule has 0 aromatic heterocycles. The van der Waals surface area contributed by atoms with Gasteiger partial charge in [-0.2, -0.15) is 0 Å². The first-order valence-corrected chi connectivity index (χ1v) is 11.5. The number of likely N-dealkylation sites (N-methyl/N-ethyl adjacent to an activating group) is 1. The van der Waals surface area contributed by atoms with Crippen molar-refractivity contribution in [2.75, 3.05) is 20.2 Å². The topological polar surface area (TPSA) is 102 Å². The number of nitrogens with zero attached hydrogens (tertiary/aromatic N) is 1. The second-order valence-electron chi connectivity index (χ2n) is 7.01. The Morgan fingerprint density at radius 1 is 1.16 bits per heavy atom. The molecule has 8 nitrogen and oxygen atoms in total. The summed E-state index contributed by atoms with van der Waals surface area (Å²) < 4.78 is 50.6. The Labute approximate surface area is 187 Å². The van der Waals surface area contributed by atoms with Crippen LogP contribution in [0.2, 0.25) is 0 Å². The number of benzene rings is 2. The van der Waals surface area contributed by atoms with Gasteiger partial charge in [-0.3, -0.25) is 9.59 Å². The molecule has 2 rings (SSSR count). The van der Waals surface area contributed by atoms with E-state index in [0.717, 1.165) is 0 Å². The smallest absolute Gasteiger partial charge is 0.307 e. The third-order valence-electron chi connectivity index (χ3n) is 4.41. The maximum atomic E-state index is 13.3. The summed E-state index contributed by atoms with van der Waals surface area (Å²) in [5.41, 5.74) is 0.600. The molecular weight excluding hydrogens is 439 g/mol. The van der Waals surface area contributed by atoms with Crippen molar-refractivity contribution in [1.82, 2.24) is 9.62 Å². The summed E-state index contributed by atoms with van der Waals surface area (Å²) in [5.74, 6) is -1.04. The molecule has 0 aliphatic rings. The lowest BCUT2D eigenvalue weighted by Gasteiger charge is -2.21. The molecule has 32 heavy (non-hydrogen) atoms. The number of rotatable bonds is 11. The molecule has 2 aromatic rings. The minimum Gasteiger partial charge on any atom is -0.494 e. The van der Waals surface area contributed by atoms with E-state index < -0.39 is 33.8 Å². The van der Waals surface area contributed by atoms with Gasteiger partial charge in [0.1, 0.15) is 11.6 Å². The number of sulfonamides is 1. The van der Waals surface area contributed by atoms with Crippen LogP contribution in [-0.4, -0.2) is 51.5 Å². The van der Waals surface area contributed by atoms with Gasteiger partial charge in [-0.25, -0.2) is 17.5 Å². The quantitative estimate of drug-likeness (QED) is 0.511. The van der Waals surface area contributed by atoms with Crippen LogP contribution in [0.25, 0.3) is 0 Å². The van der Waals surface area contributed by atoms with E-state index in [1.807, 2.05) is 6.92 Å². The van der Waals surface area contributed by atoms with E-state index >= 15 is 0 Å². The van der Waals surface area contributed by atoms with Gasteiger partial charge in [0.15, 0.2) is 6.10 Å². The van der Waals surface area contributed by atoms with Gasteiger partial charge in [-0.1, -0.05) is 12.1 Å². The summed E-state index contributed by atoms with van der Waals surface area (Å²) in [5, 5.41) is 0. The minimum absolute atomic E-state index is 0.0387. The van der Waals surface area contributed by atoms with Crippen LogP contribution < -0.4 is 9.46 Å². The molecule has 0 aliphatic carbocycles. The zero-order chi connectivity index (χ0) is 23.7. The van der Waals surface area contributed by atoms with Gasteiger partial charge in [0, 0.05) is 20.1 Å². The molecule has 1 amide bonds. The Balaban J connectivity index is 1.80. The van der Waals surface area contributed by atoms with Crippen molar-refractivity contribution in [3.63, 3.8) is 0 Å². The molecule has 0 saturated carbocycles. The molecule has 1 unspecified atom stereocenters. The predicted molar refractivity (Wildman–Crippen MR) is 116 cm³/mol. The van der Waals surface area contributed by atoms with Crippen molar-refractivity contribution in [2.45, 2.75) is 37.8 Å². The summed E-state index contributed by atoms with van der Waals surface area (Å²) in [6.45, 7) is 3.68. The van der Waals surface area contributed by atoms with Gasteiger partial charge in [0.05, 0.1) is 17.9 Å². The van der Waals surface area contributed by atoms with Crippen molar-refractivity contribution in [2.24, 2.45) is 0 Å². The van der Waals surface area contributed by atoms with Gasteiger partial charge >= 0.3 is 5.97 Å². The molecule has 174 valence electrons. The monoisotopic (exact) mass is 466 g/mol. The highest BCUT2D eigenvalue weighted by Crippen LogP contribution is 2.16. The van der Waals surface area contributed by atoms with Crippen molar-refractivity contribution in [3.8, 4) is 5.75 Å². The highest BCUT2D eigenvalue weighted by Gasteiger charge is 2.22. The van der Waals surface area contributed by atoms with Gasteiger partial charge in [0.25, 0.3) is 5.91 Å². The maximum Gasteiger partial charge on any atom is 0.307 e. The molecule has 1 atom stereocenters. The number of ether oxygens (including phenoxy) is 2. The Bertz CT molecular complexity index is 1030. The lowest BCUT2D eigenvalue weighted by atomic mass is 10.2. The number of hydrogen-bond acceptors (Lipinski definition) is 6. The van der Waals surface area contributed by atoms with E-state index in [4.69, 9.17) is 9.47 Å². The number of carbonyl (C=O) groups is 2. The normalized spacial score (nSPS) is 12.1. The van der Waals surface area contributed by atoms with Crippen molar-refractivity contribution < 1.29 is 31.9 Å². The molecule has 0 bridgehead atoms. The van der Waals surface area contributed by atoms with E-state index in [1.54, 1.807) is 24.3 Å². The summed E-state index contributed by atoms with van der Waals surface area (Å²) in [6, 6.07) is 11.7. The van der Waals surface area contributed by atoms with Crippen molar-refractivity contribution in [3.05, 3.63) is 59.9 Å². The molecule has 0 aliphatic heterocycles. The van der Waals surface area contributed by atoms with Crippen LogP contribution in [0.4, 0.5) is 4.39 Å². The standard InChI is InChI=1S/C22H27FN2O6S/c1-4-30-19-8-10-20(11-9-19)32(28,29)24-13-12-21(26)31-16(2)22(27)25(3)15-17-6-5-7-18(23)14-17/h5-11,14,16,24H,4,12-13,15H2,1-3H3. The van der Waals surface area contributed by atoms with Crippen LogP contribution in [0, 0.1) is 5.82 Å². The lowest BCUT2D eigenvalue weighted by molar-refractivity contribution is -0.158. The summed E-state index contributed by atoms with van der Waals surface area (Å²) >= 11 is 0. The van der Waals surface area contributed by atoms with Crippen LogP contribution in [-0.2, 0) is 30.9 Å². The fourth-order valence-electron chi connectivity index (χ4n) is 2.86. The van der Waals surface area contributed by atoms with E-state index in [1.165, 1.54) is 43.1 Å². The van der Waals surface area contributed by atoms with Crippen LogP contribution >= 0.6 is 0 Å². The molecule has 0 saturated heterocycles. The second kappa shape index (κ2) is 11.6. The molecule has 0 heterocycles. The molecule has 0 radical (unpaired) electrons. The predicted octanol–water partition coefficient (Wildman–Crippen LogP) is 2.48. The first-order valence-electron chi connectivity index (χ1n) is 10.0. The summed E-state index contributed by atoms with van der Waals surface area (Å²) in [6.07, 6.45) is -1.31. The zero-order valence-corrected chi connectivity index (χ0v) is 19.0. The molecule has 2 aromatic carbocycles. The number of amides is 1.